The molecule has 0 saturated heterocycles. The Kier molecular flexibility index (Phi) is 3.07. The second kappa shape index (κ2) is 4.74. The first-order chi connectivity index (χ1) is 9.13. The van der Waals surface area contributed by atoms with E-state index in [-0.39, 0.29) is 0 Å². The van der Waals surface area contributed by atoms with Gasteiger partial charge < -0.3 is 9.32 Å². The van der Waals surface area contributed by atoms with Gasteiger partial charge in [0.1, 0.15) is 11.3 Å². The molecule has 3 rings (SSSR count). The van der Waals surface area contributed by atoms with Gasteiger partial charge in [-0.2, -0.15) is 0 Å². The Labute approximate surface area is 120 Å². The van der Waals surface area contributed by atoms with Gasteiger partial charge in [-0.1, -0.05) is 15.9 Å². The second-order valence-corrected chi connectivity index (χ2v) is 5.65. The van der Waals surface area contributed by atoms with Crippen LogP contribution in [0.4, 0.5) is 5.69 Å². The van der Waals surface area contributed by atoms with E-state index in [4.69, 9.17) is 4.42 Å². The summed E-state index contributed by atoms with van der Waals surface area (Å²) in [5.41, 5.74) is 3.18. The number of rotatable bonds is 2. The molecule has 0 aliphatic carbocycles. The number of halogens is 1. The van der Waals surface area contributed by atoms with Crippen molar-refractivity contribution in [3.8, 4) is 11.3 Å². The molecule has 2 nitrogen and oxygen atoms in total. The van der Waals surface area contributed by atoms with Gasteiger partial charge in [-0.05, 0) is 48.5 Å². The maximum absolute atomic E-state index is 5.89. The fourth-order valence-electron chi connectivity index (χ4n) is 2.07. The first-order valence-electron chi connectivity index (χ1n) is 6.10. The van der Waals surface area contributed by atoms with E-state index in [0.717, 1.165) is 26.8 Å². The minimum atomic E-state index is 0.901. The Morgan fingerprint density at radius 3 is 2.37 bits per heavy atom. The van der Waals surface area contributed by atoms with Gasteiger partial charge >= 0.3 is 0 Å². The summed E-state index contributed by atoms with van der Waals surface area (Å²) < 4.78 is 6.92. The van der Waals surface area contributed by atoms with Gasteiger partial charge in [-0.15, -0.1) is 0 Å². The fraction of sp³-hybridized carbons (Fsp3) is 0.125. The number of anilines is 1. The Morgan fingerprint density at radius 2 is 1.68 bits per heavy atom. The van der Waals surface area contributed by atoms with Crippen LogP contribution < -0.4 is 4.90 Å². The molecule has 0 atom stereocenters. The van der Waals surface area contributed by atoms with Crippen molar-refractivity contribution in [2.24, 2.45) is 0 Å². The molecule has 0 aliphatic heterocycles. The first-order valence-corrected chi connectivity index (χ1v) is 6.90. The van der Waals surface area contributed by atoms with Crippen molar-refractivity contribution < 1.29 is 4.42 Å². The van der Waals surface area contributed by atoms with Crippen molar-refractivity contribution >= 4 is 32.6 Å². The van der Waals surface area contributed by atoms with Crippen molar-refractivity contribution in [1.82, 2.24) is 0 Å². The fourth-order valence-corrected chi connectivity index (χ4v) is 2.41. The number of hydrogen-bond donors (Lipinski definition) is 0. The van der Waals surface area contributed by atoms with E-state index in [1.165, 1.54) is 5.69 Å². The molecule has 96 valence electrons. The van der Waals surface area contributed by atoms with Crippen LogP contribution in [-0.2, 0) is 0 Å². The highest BCUT2D eigenvalue weighted by Gasteiger charge is 2.06. The van der Waals surface area contributed by atoms with Crippen LogP contribution in [0.1, 0.15) is 0 Å². The minimum absolute atomic E-state index is 0.901. The Balaban J connectivity index is 2.03. The monoisotopic (exact) mass is 315 g/mol. The predicted octanol–water partition coefficient (Wildman–Crippen LogP) is 4.93. The second-order valence-electron chi connectivity index (χ2n) is 4.73. The van der Waals surface area contributed by atoms with Crippen LogP contribution in [0, 0.1) is 0 Å². The highest BCUT2D eigenvalue weighted by molar-refractivity contribution is 9.10. The third-order valence-electron chi connectivity index (χ3n) is 3.15. The van der Waals surface area contributed by atoms with Crippen molar-refractivity contribution in [1.29, 1.82) is 0 Å². The summed E-state index contributed by atoms with van der Waals surface area (Å²) in [5, 5.41) is 1.12. The SMILES string of the molecule is CN(C)c1ccc(-c2cc3ccc(Br)cc3o2)cc1. The zero-order valence-corrected chi connectivity index (χ0v) is 12.4. The molecule has 0 spiro atoms. The Bertz CT molecular complexity index is 713. The van der Waals surface area contributed by atoms with Crippen LogP contribution in [0.2, 0.25) is 0 Å². The van der Waals surface area contributed by atoms with E-state index in [1.54, 1.807) is 0 Å². The lowest BCUT2D eigenvalue weighted by atomic mass is 10.1. The molecule has 0 aliphatic rings. The Hall–Kier alpha value is -1.74. The molecule has 3 heteroatoms. The quantitative estimate of drug-likeness (QED) is 0.666. The first kappa shape index (κ1) is 12.3. The summed E-state index contributed by atoms with van der Waals surface area (Å²) in [6.45, 7) is 0. The van der Waals surface area contributed by atoms with Gasteiger partial charge in [0.25, 0.3) is 0 Å². The van der Waals surface area contributed by atoms with E-state index in [2.05, 4.69) is 57.2 Å². The normalized spacial score (nSPS) is 10.9. The van der Waals surface area contributed by atoms with Crippen molar-refractivity contribution in [2.75, 3.05) is 19.0 Å². The van der Waals surface area contributed by atoms with Crippen LogP contribution in [0.15, 0.2) is 57.4 Å². The molecule has 1 aromatic heterocycles. The van der Waals surface area contributed by atoms with Crippen LogP contribution in [0.3, 0.4) is 0 Å². The summed E-state index contributed by atoms with van der Waals surface area (Å²) >= 11 is 3.46. The van der Waals surface area contributed by atoms with Gasteiger partial charge in [-0.3, -0.25) is 0 Å². The lowest BCUT2D eigenvalue weighted by Crippen LogP contribution is -2.07. The summed E-state index contributed by atoms with van der Waals surface area (Å²) in [5.74, 6) is 0.901. The molecule has 0 saturated carbocycles. The molecule has 0 amide bonds. The molecule has 3 aromatic rings. The van der Waals surface area contributed by atoms with E-state index < -0.39 is 0 Å². The zero-order valence-electron chi connectivity index (χ0n) is 10.9. The summed E-state index contributed by atoms with van der Waals surface area (Å²) in [6, 6.07) is 16.5. The summed E-state index contributed by atoms with van der Waals surface area (Å²) in [7, 11) is 4.07. The number of furan rings is 1. The van der Waals surface area contributed by atoms with Crippen molar-refractivity contribution in [3.05, 3.63) is 53.0 Å². The van der Waals surface area contributed by atoms with Gasteiger partial charge in [0.05, 0.1) is 0 Å². The van der Waals surface area contributed by atoms with Crippen LogP contribution in [0.5, 0.6) is 0 Å². The van der Waals surface area contributed by atoms with E-state index >= 15 is 0 Å². The largest absolute Gasteiger partial charge is 0.456 e. The predicted molar refractivity (Wildman–Crippen MR) is 83.7 cm³/mol. The molecule has 1 heterocycles. The van der Waals surface area contributed by atoms with Gasteiger partial charge in [-0.25, -0.2) is 0 Å². The maximum atomic E-state index is 5.89. The highest BCUT2D eigenvalue weighted by atomic mass is 79.9. The number of benzene rings is 2. The van der Waals surface area contributed by atoms with Gasteiger partial charge in [0.15, 0.2) is 0 Å². The summed E-state index contributed by atoms with van der Waals surface area (Å²) in [6.07, 6.45) is 0. The van der Waals surface area contributed by atoms with Crippen LogP contribution in [0.25, 0.3) is 22.3 Å². The van der Waals surface area contributed by atoms with Crippen LogP contribution >= 0.6 is 15.9 Å². The summed E-state index contributed by atoms with van der Waals surface area (Å²) in [4.78, 5) is 2.08. The molecule has 19 heavy (non-hydrogen) atoms. The third-order valence-corrected chi connectivity index (χ3v) is 3.64. The minimum Gasteiger partial charge on any atom is -0.456 e. The van der Waals surface area contributed by atoms with E-state index in [0.29, 0.717) is 0 Å². The standard InChI is InChI=1S/C16H14BrNO/c1-18(2)14-7-4-11(5-8-14)15-9-12-3-6-13(17)10-16(12)19-15/h3-10H,1-2H3. The molecular formula is C16H14BrNO. The van der Waals surface area contributed by atoms with Crippen molar-refractivity contribution in [3.63, 3.8) is 0 Å². The van der Waals surface area contributed by atoms with Gasteiger partial charge in [0.2, 0.25) is 0 Å². The topological polar surface area (TPSA) is 16.4 Å². The molecule has 0 fully saturated rings. The molecule has 0 radical (unpaired) electrons. The molecule has 0 bridgehead atoms. The highest BCUT2D eigenvalue weighted by Crippen LogP contribution is 2.30. The van der Waals surface area contributed by atoms with Crippen LogP contribution in [-0.4, -0.2) is 14.1 Å². The average molecular weight is 316 g/mol. The number of nitrogens with zero attached hydrogens (tertiary/aromatic N) is 1. The lowest BCUT2D eigenvalue weighted by Gasteiger charge is -2.11. The third kappa shape index (κ3) is 2.38. The number of fused-ring (bicyclic) bond motifs is 1. The maximum Gasteiger partial charge on any atom is 0.135 e. The lowest BCUT2D eigenvalue weighted by molar-refractivity contribution is 0.631. The van der Waals surface area contributed by atoms with Gasteiger partial charge in [0, 0.05) is 35.2 Å². The molecule has 2 aromatic carbocycles. The molecule has 0 unspecified atom stereocenters. The van der Waals surface area contributed by atoms with E-state index in [1.807, 2.05) is 26.2 Å². The Morgan fingerprint density at radius 1 is 0.947 bits per heavy atom. The smallest absolute Gasteiger partial charge is 0.135 e. The van der Waals surface area contributed by atoms with E-state index in [9.17, 15) is 0 Å². The molecule has 0 N–H and O–H groups in total. The average Bonchev–Trinajstić information content (AvgIpc) is 2.81. The molecular weight excluding hydrogens is 302 g/mol. The number of hydrogen-bond acceptors (Lipinski definition) is 2. The zero-order chi connectivity index (χ0) is 13.4. The van der Waals surface area contributed by atoms with Crippen molar-refractivity contribution in [2.45, 2.75) is 0 Å².